The predicted molar refractivity (Wildman–Crippen MR) is 61.5 cm³/mol. The van der Waals surface area contributed by atoms with Crippen molar-refractivity contribution < 1.29 is 9.53 Å². The molecule has 0 saturated heterocycles. The maximum absolute atomic E-state index is 11.5. The standard InChI is InChI=1S/C12H16O2S/c1-3-14-12(13)11-7-9-6-8(2)4-5-10(9)15-11/h7-8H,3-6H2,1-2H3/t8-/m0/s1. The Balaban J connectivity index is 2.19. The predicted octanol–water partition coefficient (Wildman–Crippen LogP) is 3.05. The molecule has 0 radical (unpaired) electrons. The fourth-order valence-electron chi connectivity index (χ4n) is 2.01. The smallest absolute Gasteiger partial charge is 0.348 e. The molecule has 1 aromatic rings. The molecule has 0 N–H and O–H groups in total. The summed E-state index contributed by atoms with van der Waals surface area (Å²) >= 11 is 1.61. The molecule has 1 atom stereocenters. The van der Waals surface area contributed by atoms with E-state index >= 15 is 0 Å². The van der Waals surface area contributed by atoms with E-state index in [1.807, 2.05) is 13.0 Å². The van der Waals surface area contributed by atoms with Crippen molar-refractivity contribution in [3.63, 3.8) is 0 Å². The maximum atomic E-state index is 11.5. The van der Waals surface area contributed by atoms with Crippen molar-refractivity contribution in [1.29, 1.82) is 0 Å². The Labute approximate surface area is 94.3 Å². The van der Waals surface area contributed by atoms with E-state index in [-0.39, 0.29) is 5.97 Å². The van der Waals surface area contributed by atoms with Gasteiger partial charge >= 0.3 is 5.97 Å². The molecule has 0 aliphatic heterocycles. The molecule has 1 aliphatic rings. The molecule has 1 aliphatic carbocycles. The topological polar surface area (TPSA) is 26.3 Å². The van der Waals surface area contributed by atoms with Gasteiger partial charge in [0.05, 0.1) is 6.61 Å². The molecule has 0 unspecified atom stereocenters. The molecule has 3 heteroatoms. The van der Waals surface area contributed by atoms with Crippen LogP contribution in [0.4, 0.5) is 0 Å². The number of thiophene rings is 1. The molecule has 2 rings (SSSR count). The first-order valence-electron chi connectivity index (χ1n) is 5.49. The van der Waals surface area contributed by atoms with E-state index in [1.54, 1.807) is 11.3 Å². The second-order valence-corrected chi connectivity index (χ2v) is 5.26. The second-order valence-electron chi connectivity index (χ2n) is 4.13. The molecule has 2 nitrogen and oxygen atoms in total. The Morgan fingerprint density at radius 2 is 2.47 bits per heavy atom. The Morgan fingerprint density at radius 1 is 1.67 bits per heavy atom. The summed E-state index contributed by atoms with van der Waals surface area (Å²) in [5.74, 6) is 0.590. The number of fused-ring (bicyclic) bond motifs is 1. The lowest BCUT2D eigenvalue weighted by atomic mass is 9.90. The number of carbonyl (C=O) groups excluding carboxylic acids is 1. The van der Waals surface area contributed by atoms with Crippen LogP contribution in [0.25, 0.3) is 0 Å². The van der Waals surface area contributed by atoms with E-state index in [2.05, 4.69) is 6.92 Å². The molecule has 0 bridgehead atoms. The minimum absolute atomic E-state index is 0.162. The van der Waals surface area contributed by atoms with Gasteiger partial charge in [-0.3, -0.25) is 0 Å². The normalized spacial score (nSPS) is 19.7. The van der Waals surface area contributed by atoms with E-state index < -0.39 is 0 Å². The van der Waals surface area contributed by atoms with Gasteiger partial charge in [0, 0.05) is 4.88 Å². The van der Waals surface area contributed by atoms with Gasteiger partial charge in [0.25, 0.3) is 0 Å². The molecular weight excluding hydrogens is 208 g/mol. The van der Waals surface area contributed by atoms with Crippen LogP contribution in [0, 0.1) is 5.92 Å². The minimum Gasteiger partial charge on any atom is -0.462 e. The molecule has 0 saturated carbocycles. The van der Waals surface area contributed by atoms with Crippen LogP contribution in [0.2, 0.25) is 0 Å². The number of esters is 1. The third-order valence-electron chi connectivity index (χ3n) is 2.81. The molecule has 15 heavy (non-hydrogen) atoms. The van der Waals surface area contributed by atoms with Crippen molar-refractivity contribution in [2.24, 2.45) is 5.92 Å². The lowest BCUT2D eigenvalue weighted by molar-refractivity contribution is 0.0532. The summed E-state index contributed by atoms with van der Waals surface area (Å²) < 4.78 is 5.00. The third-order valence-corrected chi connectivity index (χ3v) is 4.02. The van der Waals surface area contributed by atoms with Crippen molar-refractivity contribution in [2.75, 3.05) is 6.61 Å². The zero-order valence-electron chi connectivity index (χ0n) is 9.21. The summed E-state index contributed by atoms with van der Waals surface area (Å²) in [5.41, 5.74) is 1.36. The van der Waals surface area contributed by atoms with E-state index in [1.165, 1.54) is 16.9 Å². The van der Waals surface area contributed by atoms with Crippen LogP contribution >= 0.6 is 11.3 Å². The first-order valence-corrected chi connectivity index (χ1v) is 6.31. The van der Waals surface area contributed by atoms with Gasteiger partial charge in [-0.2, -0.15) is 0 Å². The first-order chi connectivity index (χ1) is 7.20. The van der Waals surface area contributed by atoms with Gasteiger partial charge in [0.2, 0.25) is 0 Å². The molecule has 82 valence electrons. The number of hydrogen-bond acceptors (Lipinski definition) is 3. The SMILES string of the molecule is CCOC(=O)c1cc2c(s1)CC[C@H](C)C2. The van der Waals surface area contributed by atoms with Crippen LogP contribution in [0.5, 0.6) is 0 Å². The first kappa shape index (κ1) is 10.7. The quantitative estimate of drug-likeness (QED) is 0.722. The zero-order chi connectivity index (χ0) is 10.8. The zero-order valence-corrected chi connectivity index (χ0v) is 10.0. The number of aryl methyl sites for hydroxylation is 1. The summed E-state index contributed by atoms with van der Waals surface area (Å²) in [7, 11) is 0. The lowest BCUT2D eigenvalue weighted by Gasteiger charge is -2.16. The summed E-state index contributed by atoms with van der Waals surface area (Å²) in [6.07, 6.45) is 3.49. The highest BCUT2D eigenvalue weighted by molar-refractivity contribution is 7.14. The van der Waals surface area contributed by atoms with Crippen LogP contribution in [-0.2, 0) is 17.6 Å². The number of carbonyl (C=O) groups is 1. The summed E-state index contributed by atoms with van der Waals surface area (Å²) in [6, 6.07) is 2.02. The fraction of sp³-hybridized carbons (Fsp3) is 0.583. The molecule has 0 aromatic carbocycles. The minimum atomic E-state index is -0.162. The molecular formula is C12H16O2S. The summed E-state index contributed by atoms with van der Waals surface area (Å²) in [6.45, 7) is 4.57. The Hall–Kier alpha value is -0.830. The fourth-order valence-corrected chi connectivity index (χ4v) is 3.11. The average Bonchev–Trinajstić information content (AvgIpc) is 2.60. The highest BCUT2D eigenvalue weighted by Crippen LogP contribution is 2.32. The summed E-state index contributed by atoms with van der Waals surface area (Å²) in [4.78, 5) is 13.7. The molecule has 1 aromatic heterocycles. The highest BCUT2D eigenvalue weighted by atomic mass is 32.1. The van der Waals surface area contributed by atoms with Crippen LogP contribution in [-0.4, -0.2) is 12.6 Å². The highest BCUT2D eigenvalue weighted by Gasteiger charge is 2.20. The lowest BCUT2D eigenvalue weighted by Crippen LogP contribution is -2.08. The van der Waals surface area contributed by atoms with Gasteiger partial charge in [-0.15, -0.1) is 11.3 Å². The van der Waals surface area contributed by atoms with Gasteiger partial charge in [-0.05, 0) is 43.7 Å². The van der Waals surface area contributed by atoms with E-state index in [9.17, 15) is 4.79 Å². The summed E-state index contributed by atoms with van der Waals surface area (Å²) in [5, 5.41) is 0. The number of ether oxygens (including phenoxy) is 1. The van der Waals surface area contributed by atoms with E-state index in [0.29, 0.717) is 6.61 Å². The van der Waals surface area contributed by atoms with Crippen molar-refractivity contribution >= 4 is 17.3 Å². The van der Waals surface area contributed by atoms with E-state index in [0.717, 1.165) is 23.6 Å². The van der Waals surface area contributed by atoms with Crippen LogP contribution in [0.3, 0.4) is 0 Å². The average molecular weight is 224 g/mol. The van der Waals surface area contributed by atoms with Gasteiger partial charge in [-0.1, -0.05) is 6.92 Å². The van der Waals surface area contributed by atoms with Crippen molar-refractivity contribution in [3.05, 3.63) is 21.4 Å². The Morgan fingerprint density at radius 3 is 3.20 bits per heavy atom. The second kappa shape index (κ2) is 4.35. The molecule has 0 amide bonds. The Bertz CT molecular complexity index is 368. The van der Waals surface area contributed by atoms with E-state index in [4.69, 9.17) is 4.74 Å². The van der Waals surface area contributed by atoms with Crippen molar-refractivity contribution in [2.45, 2.75) is 33.1 Å². The van der Waals surface area contributed by atoms with Gasteiger partial charge in [0.15, 0.2) is 0 Å². The molecule has 0 fully saturated rings. The van der Waals surface area contributed by atoms with Gasteiger partial charge in [-0.25, -0.2) is 4.79 Å². The maximum Gasteiger partial charge on any atom is 0.348 e. The monoisotopic (exact) mass is 224 g/mol. The molecule has 1 heterocycles. The largest absolute Gasteiger partial charge is 0.462 e. The molecule has 0 spiro atoms. The van der Waals surface area contributed by atoms with Crippen LogP contribution in [0.1, 0.15) is 40.4 Å². The number of hydrogen-bond donors (Lipinski definition) is 0. The van der Waals surface area contributed by atoms with Crippen molar-refractivity contribution in [3.8, 4) is 0 Å². The van der Waals surface area contributed by atoms with Crippen molar-refractivity contribution in [1.82, 2.24) is 0 Å². The van der Waals surface area contributed by atoms with Gasteiger partial charge in [0.1, 0.15) is 4.88 Å². The van der Waals surface area contributed by atoms with Gasteiger partial charge < -0.3 is 4.74 Å². The number of rotatable bonds is 2. The third kappa shape index (κ3) is 2.23. The van der Waals surface area contributed by atoms with Crippen LogP contribution < -0.4 is 0 Å². The van der Waals surface area contributed by atoms with Crippen LogP contribution in [0.15, 0.2) is 6.07 Å². The Kier molecular flexibility index (Phi) is 3.10.